The Morgan fingerprint density at radius 2 is 1.64 bits per heavy atom. The predicted molar refractivity (Wildman–Crippen MR) is 139 cm³/mol. The summed E-state index contributed by atoms with van der Waals surface area (Å²) in [5.74, 6) is 1.30. The number of phenolic OH excluding ortho intramolecular Hbond substituents is 1. The van der Waals surface area contributed by atoms with E-state index in [1.807, 2.05) is 55.5 Å². The number of anilines is 2. The largest absolute Gasteiger partial charge is 0.504 e. The SMILES string of the molecule is CCOc1ccc(C2C=C3Nc4ccccc4NC(c4ccc(OC)c(O)c4)C3C(=O)C2)cc1OC. The van der Waals surface area contributed by atoms with Crippen molar-refractivity contribution in [1.29, 1.82) is 0 Å². The number of rotatable bonds is 6. The van der Waals surface area contributed by atoms with Gasteiger partial charge in [0.2, 0.25) is 0 Å². The summed E-state index contributed by atoms with van der Waals surface area (Å²) in [6, 6.07) is 18.6. The standard InChI is InChI=1S/C29H30N2O5/c1-4-36-26-12-9-17(16-27(26)35-3)19-13-22-28(24(33)15-19)29(18-10-11-25(34-2)23(32)14-18)31-21-8-6-5-7-20(21)30-22/h5-14,16,19,28-32H,4,15H2,1-3H3. The molecule has 7 heteroatoms. The Morgan fingerprint density at radius 3 is 2.36 bits per heavy atom. The lowest BCUT2D eigenvalue weighted by Crippen LogP contribution is -2.33. The van der Waals surface area contributed by atoms with Crippen LogP contribution in [-0.4, -0.2) is 31.7 Å². The Balaban J connectivity index is 1.58. The van der Waals surface area contributed by atoms with Gasteiger partial charge in [-0.3, -0.25) is 4.79 Å². The van der Waals surface area contributed by atoms with Gasteiger partial charge >= 0.3 is 0 Å². The van der Waals surface area contributed by atoms with Crippen molar-refractivity contribution in [3.05, 3.63) is 83.6 Å². The quantitative estimate of drug-likeness (QED) is 0.415. The first kappa shape index (κ1) is 23.6. The number of phenols is 1. The first-order valence-corrected chi connectivity index (χ1v) is 12.1. The van der Waals surface area contributed by atoms with E-state index in [0.717, 1.165) is 28.2 Å². The van der Waals surface area contributed by atoms with Gasteiger partial charge in [-0.05, 0) is 54.4 Å². The summed E-state index contributed by atoms with van der Waals surface area (Å²) in [4.78, 5) is 13.8. The number of methoxy groups -OCH3 is 2. The zero-order valence-corrected chi connectivity index (χ0v) is 20.6. The average molecular weight is 487 g/mol. The van der Waals surface area contributed by atoms with E-state index < -0.39 is 5.92 Å². The third-order valence-electron chi connectivity index (χ3n) is 6.81. The summed E-state index contributed by atoms with van der Waals surface area (Å²) in [7, 11) is 3.13. The van der Waals surface area contributed by atoms with Crippen LogP contribution in [0.5, 0.6) is 23.0 Å². The van der Waals surface area contributed by atoms with Gasteiger partial charge in [0.1, 0.15) is 5.78 Å². The molecule has 1 aliphatic heterocycles. The lowest BCUT2D eigenvalue weighted by molar-refractivity contribution is -0.122. The molecule has 3 unspecified atom stereocenters. The number of ether oxygens (including phenoxy) is 3. The van der Waals surface area contributed by atoms with Crippen molar-refractivity contribution in [3.63, 3.8) is 0 Å². The number of Topliss-reactive ketones (excluding diaryl/α,β-unsaturated/α-hetero) is 1. The third-order valence-corrected chi connectivity index (χ3v) is 6.81. The van der Waals surface area contributed by atoms with Gasteiger partial charge in [0, 0.05) is 18.0 Å². The third kappa shape index (κ3) is 4.33. The van der Waals surface area contributed by atoms with E-state index in [9.17, 15) is 9.90 Å². The molecule has 0 bridgehead atoms. The van der Waals surface area contributed by atoms with E-state index >= 15 is 0 Å². The number of hydrogen-bond donors (Lipinski definition) is 3. The van der Waals surface area contributed by atoms with Crippen LogP contribution in [0.15, 0.2) is 72.4 Å². The number of fused-ring (bicyclic) bond motifs is 2. The normalized spacial score (nSPS) is 20.6. The second-order valence-corrected chi connectivity index (χ2v) is 8.94. The van der Waals surface area contributed by atoms with E-state index in [0.29, 0.717) is 30.3 Å². The van der Waals surface area contributed by atoms with Crippen LogP contribution >= 0.6 is 0 Å². The maximum atomic E-state index is 13.8. The Hall–Kier alpha value is -4.13. The van der Waals surface area contributed by atoms with Crippen molar-refractivity contribution in [1.82, 2.24) is 0 Å². The Labute approximate surface area is 210 Å². The summed E-state index contributed by atoms with van der Waals surface area (Å²) in [5, 5.41) is 17.5. The number of aromatic hydroxyl groups is 1. The molecule has 36 heavy (non-hydrogen) atoms. The number of carbonyl (C=O) groups is 1. The number of ketones is 1. The van der Waals surface area contributed by atoms with E-state index in [-0.39, 0.29) is 23.5 Å². The molecular weight excluding hydrogens is 456 g/mol. The Bertz CT molecular complexity index is 1320. The maximum absolute atomic E-state index is 13.8. The molecule has 2 aliphatic rings. The first-order chi connectivity index (χ1) is 17.5. The highest BCUT2D eigenvalue weighted by Crippen LogP contribution is 2.46. The molecule has 0 saturated heterocycles. The minimum atomic E-state index is -0.453. The average Bonchev–Trinajstić information content (AvgIpc) is 3.06. The van der Waals surface area contributed by atoms with E-state index in [1.165, 1.54) is 7.11 Å². The van der Waals surface area contributed by atoms with Gasteiger partial charge in [0.25, 0.3) is 0 Å². The van der Waals surface area contributed by atoms with Gasteiger partial charge < -0.3 is 30.0 Å². The summed E-state index contributed by atoms with van der Waals surface area (Å²) in [6.45, 7) is 2.47. The molecule has 3 aromatic carbocycles. The fourth-order valence-electron chi connectivity index (χ4n) is 5.09. The number of para-hydroxylation sites is 2. The van der Waals surface area contributed by atoms with E-state index in [2.05, 4.69) is 16.7 Å². The predicted octanol–water partition coefficient (Wildman–Crippen LogP) is 5.64. The van der Waals surface area contributed by atoms with Gasteiger partial charge in [0.05, 0.1) is 44.2 Å². The molecule has 7 nitrogen and oxygen atoms in total. The van der Waals surface area contributed by atoms with Crippen LogP contribution in [0.3, 0.4) is 0 Å². The molecule has 186 valence electrons. The van der Waals surface area contributed by atoms with Crippen LogP contribution in [0.25, 0.3) is 0 Å². The minimum Gasteiger partial charge on any atom is -0.504 e. The topological polar surface area (TPSA) is 89.0 Å². The van der Waals surface area contributed by atoms with Crippen molar-refractivity contribution in [2.45, 2.75) is 25.3 Å². The van der Waals surface area contributed by atoms with E-state index in [4.69, 9.17) is 14.2 Å². The molecule has 5 rings (SSSR count). The van der Waals surface area contributed by atoms with Gasteiger partial charge in [-0.15, -0.1) is 0 Å². The summed E-state index contributed by atoms with van der Waals surface area (Å²) in [6.07, 6.45) is 2.49. The van der Waals surface area contributed by atoms with Gasteiger partial charge in [-0.2, -0.15) is 0 Å². The molecule has 1 aliphatic carbocycles. The zero-order valence-electron chi connectivity index (χ0n) is 20.6. The summed E-state index contributed by atoms with van der Waals surface area (Å²) >= 11 is 0. The fraction of sp³-hybridized carbons (Fsp3) is 0.276. The second-order valence-electron chi connectivity index (χ2n) is 8.94. The van der Waals surface area contributed by atoms with Crippen molar-refractivity contribution < 1.29 is 24.1 Å². The number of allylic oxidation sites excluding steroid dienone is 1. The van der Waals surface area contributed by atoms with Gasteiger partial charge in [0.15, 0.2) is 23.0 Å². The second kappa shape index (κ2) is 9.85. The van der Waals surface area contributed by atoms with Crippen molar-refractivity contribution in [3.8, 4) is 23.0 Å². The molecule has 1 heterocycles. The number of hydrogen-bond acceptors (Lipinski definition) is 7. The lowest BCUT2D eigenvalue weighted by Gasteiger charge is -2.32. The zero-order chi connectivity index (χ0) is 25.2. The maximum Gasteiger partial charge on any atom is 0.161 e. The molecule has 0 saturated carbocycles. The molecule has 3 atom stereocenters. The molecule has 0 aromatic heterocycles. The monoisotopic (exact) mass is 486 g/mol. The molecule has 0 fully saturated rings. The smallest absolute Gasteiger partial charge is 0.161 e. The highest BCUT2D eigenvalue weighted by molar-refractivity contribution is 5.90. The van der Waals surface area contributed by atoms with Crippen LogP contribution in [0.2, 0.25) is 0 Å². The summed E-state index contributed by atoms with van der Waals surface area (Å²) in [5.41, 5.74) is 4.41. The van der Waals surface area contributed by atoms with Crippen molar-refractivity contribution in [2.75, 3.05) is 31.5 Å². The van der Waals surface area contributed by atoms with Gasteiger partial charge in [-0.1, -0.05) is 30.3 Å². The fourth-order valence-corrected chi connectivity index (χ4v) is 5.09. The van der Waals surface area contributed by atoms with Gasteiger partial charge in [-0.25, -0.2) is 0 Å². The molecule has 3 aromatic rings. The van der Waals surface area contributed by atoms with Crippen LogP contribution in [-0.2, 0) is 4.79 Å². The van der Waals surface area contributed by atoms with Crippen LogP contribution in [0, 0.1) is 5.92 Å². The van der Waals surface area contributed by atoms with Crippen LogP contribution in [0.1, 0.15) is 36.4 Å². The number of nitrogens with one attached hydrogen (secondary N) is 2. The molecule has 0 radical (unpaired) electrons. The molecule has 0 spiro atoms. The Morgan fingerprint density at radius 1 is 0.917 bits per heavy atom. The lowest BCUT2D eigenvalue weighted by atomic mass is 9.76. The van der Waals surface area contributed by atoms with E-state index in [1.54, 1.807) is 19.2 Å². The highest BCUT2D eigenvalue weighted by Gasteiger charge is 2.40. The van der Waals surface area contributed by atoms with Crippen molar-refractivity contribution in [2.24, 2.45) is 5.92 Å². The molecule has 3 N–H and O–H groups in total. The Kier molecular flexibility index (Phi) is 6.46. The summed E-state index contributed by atoms with van der Waals surface area (Å²) < 4.78 is 16.4. The minimum absolute atomic E-state index is 0.0374. The molecule has 0 amide bonds. The first-order valence-electron chi connectivity index (χ1n) is 12.1. The van der Waals surface area contributed by atoms with Crippen LogP contribution in [0.4, 0.5) is 11.4 Å². The molecular formula is C29H30N2O5. The number of carbonyl (C=O) groups excluding carboxylic acids is 1. The van der Waals surface area contributed by atoms with Crippen LogP contribution < -0.4 is 24.8 Å². The highest BCUT2D eigenvalue weighted by atomic mass is 16.5. The van der Waals surface area contributed by atoms with Crippen molar-refractivity contribution >= 4 is 17.2 Å². The number of benzene rings is 3.